The summed E-state index contributed by atoms with van der Waals surface area (Å²) in [7, 11) is 0. The normalized spacial score (nSPS) is 14.3. The van der Waals surface area contributed by atoms with E-state index in [0.29, 0.717) is 23.6 Å². The molecule has 1 aliphatic heterocycles. The highest BCUT2D eigenvalue weighted by Crippen LogP contribution is 2.35. The number of pyridine rings is 1. The van der Waals surface area contributed by atoms with Crippen LogP contribution in [0.15, 0.2) is 67.3 Å². The van der Waals surface area contributed by atoms with Gasteiger partial charge in [-0.15, -0.1) is 0 Å². The molecule has 0 aliphatic carbocycles. The van der Waals surface area contributed by atoms with Gasteiger partial charge >= 0.3 is 0 Å². The van der Waals surface area contributed by atoms with Crippen molar-refractivity contribution < 1.29 is 13.6 Å². The minimum atomic E-state index is -0.749. The number of nitrogens with one attached hydrogen (secondary N) is 1. The van der Waals surface area contributed by atoms with Crippen molar-refractivity contribution >= 4 is 17.4 Å². The van der Waals surface area contributed by atoms with Gasteiger partial charge in [0.25, 0.3) is 5.91 Å². The third-order valence-electron chi connectivity index (χ3n) is 7.18. The Morgan fingerprint density at radius 3 is 2.63 bits per heavy atom. The van der Waals surface area contributed by atoms with Crippen LogP contribution >= 0.6 is 0 Å². The predicted octanol–water partition coefficient (Wildman–Crippen LogP) is 4.74. The largest absolute Gasteiger partial charge is 0.326 e. The fraction of sp³-hybridized carbons (Fsp3) is 0.241. The molecule has 1 aliphatic rings. The van der Waals surface area contributed by atoms with Gasteiger partial charge in [0.15, 0.2) is 11.5 Å². The number of amides is 1. The van der Waals surface area contributed by atoms with Crippen LogP contribution in [0.1, 0.15) is 29.2 Å². The first-order chi connectivity index (χ1) is 20.0. The minimum absolute atomic E-state index is 0.121. The lowest BCUT2D eigenvalue weighted by Gasteiger charge is -2.32. The molecule has 0 radical (unpaired) electrons. The van der Waals surface area contributed by atoms with Crippen LogP contribution in [-0.4, -0.2) is 66.1 Å². The van der Waals surface area contributed by atoms with Crippen LogP contribution in [0.4, 0.5) is 14.6 Å². The Morgan fingerprint density at radius 2 is 1.88 bits per heavy atom. The Morgan fingerprint density at radius 1 is 1.07 bits per heavy atom. The third kappa shape index (κ3) is 5.53. The summed E-state index contributed by atoms with van der Waals surface area (Å²) < 4.78 is 30.9. The maximum Gasteiger partial charge on any atom is 0.257 e. The standard InChI is InChI=1S/C29H25F2N9O/c1-32-12-15-38-13-9-22(10-14-38)39-18-34-27(19-2-4-21(30)5-3-19)28(39)23-6-7-26-35-25(17-40(26)37-23)36-29(41)20-8-11-33-24(31)16-20/h2-8,11,16-18,22H,9-10,12-15H2,(H,36,41). The predicted molar refractivity (Wildman–Crippen MR) is 148 cm³/mol. The Hall–Kier alpha value is -5.02. The van der Waals surface area contributed by atoms with Crippen molar-refractivity contribution in [1.82, 2.24) is 34.0 Å². The molecule has 0 bridgehead atoms. The first-order valence-corrected chi connectivity index (χ1v) is 13.2. The van der Waals surface area contributed by atoms with E-state index in [2.05, 4.69) is 29.6 Å². The number of likely N-dealkylation sites (tertiary alicyclic amines) is 1. The summed E-state index contributed by atoms with van der Waals surface area (Å²) in [4.78, 5) is 31.0. The van der Waals surface area contributed by atoms with E-state index in [1.807, 2.05) is 12.4 Å². The van der Waals surface area contributed by atoms with Gasteiger partial charge in [0.2, 0.25) is 12.5 Å². The number of nitrogens with zero attached hydrogens (tertiary/aromatic N) is 8. The second kappa shape index (κ2) is 11.2. The fourth-order valence-corrected chi connectivity index (χ4v) is 5.12. The van der Waals surface area contributed by atoms with E-state index >= 15 is 0 Å². The molecule has 12 heteroatoms. The fourth-order valence-electron chi connectivity index (χ4n) is 5.12. The summed E-state index contributed by atoms with van der Waals surface area (Å²) in [6, 6.07) is 12.5. The zero-order valence-corrected chi connectivity index (χ0v) is 21.9. The molecule has 0 spiro atoms. The van der Waals surface area contributed by atoms with Gasteiger partial charge in [-0.25, -0.2) is 30.4 Å². The number of carbonyl (C=O) groups is 1. The van der Waals surface area contributed by atoms with E-state index in [-0.39, 0.29) is 23.2 Å². The summed E-state index contributed by atoms with van der Waals surface area (Å²) in [5.41, 5.74) is 3.50. The SMILES string of the molecule is [C-]#[N+]CCN1CCC(n2cnc(-c3ccc(F)cc3)c2-c2ccc3nc(NC(=O)c4ccnc(F)c4)cn3n2)CC1. The summed E-state index contributed by atoms with van der Waals surface area (Å²) in [5.74, 6) is -1.34. The number of halogens is 2. The van der Waals surface area contributed by atoms with Crippen LogP contribution in [0.3, 0.4) is 0 Å². The second-order valence-corrected chi connectivity index (χ2v) is 9.78. The Kier molecular flexibility index (Phi) is 7.18. The zero-order chi connectivity index (χ0) is 28.3. The summed E-state index contributed by atoms with van der Waals surface area (Å²) in [6.07, 6.45) is 6.41. The number of imidazole rings is 2. The summed E-state index contributed by atoms with van der Waals surface area (Å²) in [5, 5.41) is 7.47. The van der Waals surface area contributed by atoms with Gasteiger partial charge in [-0.2, -0.15) is 9.49 Å². The molecule has 4 aromatic heterocycles. The number of aromatic nitrogens is 6. The van der Waals surface area contributed by atoms with E-state index < -0.39 is 11.9 Å². The number of anilines is 1. The van der Waals surface area contributed by atoms with Crippen molar-refractivity contribution in [3.8, 4) is 22.6 Å². The maximum absolute atomic E-state index is 13.7. The molecule has 10 nitrogen and oxygen atoms in total. The van der Waals surface area contributed by atoms with Gasteiger partial charge in [0, 0.05) is 42.5 Å². The van der Waals surface area contributed by atoms with Crippen molar-refractivity contribution in [2.45, 2.75) is 18.9 Å². The molecule has 0 atom stereocenters. The van der Waals surface area contributed by atoms with E-state index in [9.17, 15) is 13.6 Å². The number of hydrogen-bond acceptors (Lipinski definition) is 6. The van der Waals surface area contributed by atoms with E-state index in [1.54, 1.807) is 28.9 Å². The highest BCUT2D eigenvalue weighted by molar-refractivity contribution is 6.03. The van der Waals surface area contributed by atoms with E-state index in [0.717, 1.165) is 49.8 Å². The molecule has 5 aromatic rings. The number of piperidine rings is 1. The second-order valence-electron chi connectivity index (χ2n) is 9.78. The van der Waals surface area contributed by atoms with Gasteiger partial charge in [-0.3, -0.25) is 9.69 Å². The molecule has 1 fully saturated rings. The summed E-state index contributed by atoms with van der Waals surface area (Å²) >= 11 is 0. The lowest BCUT2D eigenvalue weighted by molar-refractivity contribution is 0.102. The molecule has 1 amide bonds. The van der Waals surface area contributed by atoms with Gasteiger partial charge in [0.05, 0.1) is 30.5 Å². The molecule has 0 saturated carbocycles. The highest BCUT2D eigenvalue weighted by atomic mass is 19.1. The molecule has 1 aromatic carbocycles. The van der Waals surface area contributed by atoms with Crippen LogP contribution in [0, 0.1) is 18.3 Å². The Balaban J connectivity index is 1.33. The highest BCUT2D eigenvalue weighted by Gasteiger charge is 2.26. The average Bonchev–Trinajstić information content (AvgIpc) is 3.60. The first kappa shape index (κ1) is 26.2. The van der Waals surface area contributed by atoms with Gasteiger partial charge in [-0.05, 0) is 55.3 Å². The summed E-state index contributed by atoms with van der Waals surface area (Å²) in [6.45, 7) is 10.1. The van der Waals surface area contributed by atoms with Crippen molar-refractivity contribution in [1.29, 1.82) is 0 Å². The number of benzene rings is 1. The smallest absolute Gasteiger partial charge is 0.257 e. The molecule has 1 N–H and O–H groups in total. The molecule has 0 unspecified atom stereocenters. The maximum atomic E-state index is 13.7. The topological polar surface area (TPSA) is 97.6 Å². The van der Waals surface area contributed by atoms with Gasteiger partial charge < -0.3 is 14.7 Å². The molecule has 41 heavy (non-hydrogen) atoms. The first-order valence-electron chi connectivity index (χ1n) is 13.2. The van der Waals surface area contributed by atoms with Crippen LogP contribution in [0.2, 0.25) is 0 Å². The molecular weight excluding hydrogens is 528 g/mol. The minimum Gasteiger partial charge on any atom is -0.326 e. The Labute approximate surface area is 234 Å². The van der Waals surface area contributed by atoms with Crippen molar-refractivity contribution in [3.63, 3.8) is 0 Å². The number of rotatable bonds is 7. The van der Waals surface area contributed by atoms with Gasteiger partial charge in [0.1, 0.15) is 11.5 Å². The van der Waals surface area contributed by atoms with Crippen molar-refractivity contribution in [3.05, 3.63) is 96.0 Å². The quantitative estimate of drug-likeness (QED) is 0.231. The van der Waals surface area contributed by atoms with Crippen molar-refractivity contribution in [2.24, 2.45) is 0 Å². The molecule has 206 valence electrons. The molecule has 6 rings (SSSR count). The lowest BCUT2D eigenvalue weighted by atomic mass is 10.0. The van der Waals surface area contributed by atoms with Crippen LogP contribution in [-0.2, 0) is 0 Å². The van der Waals surface area contributed by atoms with Crippen LogP contribution < -0.4 is 5.32 Å². The third-order valence-corrected chi connectivity index (χ3v) is 7.18. The monoisotopic (exact) mass is 553 g/mol. The zero-order valence-electron chi connectivity index (χ0n) is 21.9. The number of hydrogen-bond donors (Lipinski definition) is 1. The molecule has 1 saturated heterocycles. The molecule has 5 heterocycles. The van der Waals surface area contributed by atoms with E-state index in [1.165, 1.54) is 24.4 Å². The van der Waals surface area contributed by atoms with Crippen LogP contribution in [0.25, 0.3) is 33.1 Å². The van der Waals surface area contributed by atoms with Gasteiger partial charge in [-0.1, -0.05) is 0 Å². The lowest BCUT2D eigenvalue weighted by Crippen LogP contribution is -2.36. The Bertz CT molecular complexity index is 1750. The number of fused-ring (bicyclic) bond motifs is 1. The van der Waals surface area contributed by atoms with Crippen LogP contribution in [0.5, 0.6) is 0 Å². The van der Waals surface area contributed by atoms with Crippen molar-refractivity contribution in [2.75, 3.05) is 31.5 Å². The average molecular weight is 554 g/mol. The number of carbonyl (C=O) groups excluding carboxylic acids is 1. The molecular formula is C29H25F2N9O. The van der Waals surface area contributed by atoms with E-state index in [4.69, 9.17) is 16.7 Å².